The summed E-state index contributed by atoms with van der Waals surface area (Å²) in [5.74, 6) is -1.08. The lowest BCUT2D eigenvalue weighted by molar-refractivity contribution is -0.385. The van der Waals surface area contributed by atoms with Gasteiger partial charge in [-0.1, -0.05) is 6.92 Å². The van der Waals surface area contributed by atoms with E-state index in [-0.39, 0.29) is 23.5 Å². The minimum absolute atomic E-state index is 0.0138. The normalized spacial score (nSPS) is 13.1. The Bertz CT molecular complexity index is 566. The third-order valence-corrected chi connectivity index (χ3v) is 2.78. The second-order valence-corrected chi connectivity index (χ2v) is 4.07. The highest BCUT2D eigenvalue weighted by molar-refractivity contribution is 5.82. The van der Waals surface area contributed by atoms with Gasteiger partial charge >= 0.3 is 5.97 Å². The number of hydrogen-bond donors (Lipinski definition) is 2. The van der Waals surface area contributed by atoms with E-state index in [1.165, 1.54) is 6.92 Å². The number of nitro groups is 1. The Labute approximate surface area is 108 Å². The Hall–Kier alpha value is -2.69. The number of carboxylic acid groups (broad SMARTS) is 1. The van der Waals surface area contributed by atoms with Crippen LogP contribution in [0.1, 0.15) is 25.8 Å². The fourth-order valence-electron chi connectivity index (χ4n) is 1.29. The maximum absolute atomic E-state index is 11.2. The van der Waals surface area contributed by atoms with Crippen molar-refractivity contribution < 1.29 is 14.8 Å². The van der Waals surface area contributed by atoms with Gasteiger partial charge in [0.2, 0.25) is 0 Å². The average molecular weight is 264 g/mol. The van der Waals surface area contributed by atoms with Crippen LogP contribution >= 0.6 is 0 Å². The number of carbonyl (C=O) groups is 1. The van der Waals surface area contributed by atoms with Gasteiger partial charge in [0.15, 0.2) is 0 Å². The summed E-state index contributed by atoms with van der Waals surface area (Å²) in [5, 5.41) is 31.3. The van der Waals surface area contributed by atoms with Gasteiger partial charge in [-0.25, -0.2) is 9.78 Å². The van der Waals surface area contributed by atoms with Crippen LogP contribution in [-0.4, -0.2) is 26.5 Å². The van der Waals surface area contributed by atoms with Gasteiger partial charge < -0.3 is 10.4 Å². The topological polar surface area (TPSA) is 129 Å². The van der Waals surface area contributed by atoms with E-state index >= 15 is 0 Å². The summed E-state index contributed by atoms with van der Waals surface area (Å²) in [6.07, 6.45) is 1.23. The van der Waals surface area contributed by atoms with E-state index in [0.717, 1.165) is 12.3 Å². The average Bonchev–Trinajstić information content (AvgIpc) is 2.38. The summed E-state index contributed by atoms with van der Waals surface area (Å²) in [4.78, 5) is 24.8. The maximum atomic E-state index is 11.2. The van der Waals surface area contributed by atoms with Crippen molar-refractivity contribution in [2.75, 3.05) is 5.32 Å². The van der Waals surface area contributed by atoms with Crippen LogP contribution < -0.4 is 5.32 Å². The Balaban J connectivity index is 3.19. The summed E-state index contributed by atoms with van der Waals surface area (Å²) in [7, 11) is 0. The number of hydrogen-bond acceptors (Lipinski definition) is 6. The first-order valence-electron chi connectivity index (χ1n) is 5.40. The van der Waals surface area contributed by atoms with Crippen LogP contribution in [0.2, 0.25) is 0 Å². The summed E-state index contributed by atoms with van der Waals surface area (Å²) in [6, 6.07) is 2.80. The Kier molecular flexibility index (Phi) is 4.01. The number of aromatic nitrogens is 1. The molecule has 1 rings (SSSR count). The molecule has 8 nitrogen and oxygen atoms in total. The lowest BCUT2D eigenvalue weighted by Crippen LogP contribution is -2.43. The predicted octanol–water partition coefficient (Wildman–Crippen LogP) is 1.53. The molecular weight excluding hydrogens is 252 g/mol. The molecule has 0 radical (unpaired) electrons. The molecule has 0 aromatic carbocycles. The van der Waals surface area contributed by atoms with Crippen molar-refractivity contribution in [3.63, 3.8) is 0 Å². The highest BCUT2D eigenvalue weighted by Crippen LogP contribution is 2.23. The van der Waals surface area contributed by atoms with E-state index in [9.17, 15) is 14.9 Å². The summed E-state index contributed by atoms with van der Waals surface area (Å²) in [6.45, 7) is 3.11. The van der Waals surface area contributed by atoms with Crippen molar-refractivity contribution in [2.24, 2.45) is 0 Å². The van der Waals surface area contributed by atoms with E-state index in [1.807, 2.05) is 0 Å². The molecule has 0 saturated carbocycles. The molecule has 1 heterocycles. The smallest absolute Gasteiger partial charge is 0.329 e. The maximum Gasteiger partial charge on any atom is 0.329 e. The summed E-state index contributed by atoms with van der Waals surface area (Å²) < 4.78 is 0. The van der Waals surface area contributed by atoms with Gasteiger partial charge in [0, 0.05) is 6.07 Å². The minimum atomic E-state index is -1.30. The molecule has 0 aliphatic heterocycles. The number of nitrogens with one attached hydrogen (secondary N) is 1. The molecule has 0 spiro atoms. The van der Waals surface area contributed by atoms with Crippen LogP contribution in [0.3, 0.4) is 0 Å². The first-order valence-corrected chi connectivity index (χ1v) is 5.40. The zero-order valence-corrected chi connectivity index (χ0v) is 10.4. The SMILES string of the molecule is CCC(C)(Nc1ncc([N+](=O)[O-])cc1C#N)C(=O)O. The lowest BCUT2D eigenvalue weighted by atomic mass is 9.99. The zero-order valence-electron chi connectivity index (χ0n) is 10.4. The number of nitrogens with zero attached hydrogens (tertiary/aromatic N) is 3. The number of pyridine rings is 1. The Morgan fingerprint density at radius 3 is 2.79 bits per heavy atom. The molecule has 100 valence electrons. The van der Waals surface area contributed by atoms with Gasteiger partial charge in [0.25, 0.3) is 5.69 Å². The number of aliphatic carboxylic acids is 1. The standard InChI is InChI=1S/C11H12N4O4/c1-3-11(2,10(16)17)14-9-7(5-12)4-8(6-13-9)15(18)19/h4,6H,3H2,1-2H3,(H,13,14)(H,16,17). The monoisotopic (exact) mass is 264 g/mol. The molecule has 0 saturated heterocycles. The summed E-state index contributed by atoms with van der Waals surface area (Å²) in [5.41, 5.74) is -1.69. The van der Waals surface area contributed by atoms with Crippen LogP contribution in [0.4, 0.5) is 11.5 Å². The molecule has 8 heteroatoms. The molecule has 0 aliphatic carbocycles. The second kappa shape index (κ2) is 5.30. The lowest BCUT2D eigenvalue weighted by Gasteiger charge is -2.25. The van der Waals surface area contributed by atoms with E-state index in [1.54, 1.807) is 13.0 Å². The van der Waals surface area contributed by atoms with Gasteiger partial charge in [-0.3, -0.25) is 10.1 Å². The van der Waals surface area contributed by atoms with Crippen molar-refractivity contribution in [1.82, 2.24) is 4.98 Å². The summed E-state index contributed by atoms with van der Waals surface area (Å²) >= 11 is 0. The predicted molar refractivity (Wildman–Crippen MR) is 65.6 cm³/mol. The fourth-order valence-corrected chi connectivity index (χ4v) is 1.29. The number of rotatable bonds is 5. The third kappa shape index (κ3) is 2.95. The molecule has 0 bridgehead atoms. The van der Waals surface area contributed by atoms with Crippen LogP contribution in [0.15, 0.2) is 12.3 Å². The first-order chi connectivity index (χ1) is 8.84. The first kappa shape index (κ1) is 14.4. The van der Waals surface area contributed by atoms with Gasteiger partial charge in [-0.2, -0.15) is 5.26 Å². The van der Waals surface area contributed by atoms with Gasteiger partial charge in [0.1, 0.15) is 29.2 Å². The Morgan fingerprint density at radius 2 is 2.37 bits per heavy atom. The van der Waals surface area contributed by atoms with E-state index in [4.69, 9.17) is 10.4 Å². The van der Waals surface area contributed by atoms with Crippen molar-refractivity contribution in [3.8, 4) is 6.07 Å². The molecule has 0 fully saturated rings. The van der Waals surface area contributed by atoms with Gasteiger partial charge in [-0.15, -0.1) is 0 Å². The molecule has 2 N–H and O–H groups in total. The minimum Gasteiger partial charge on any atom is -0.480 e. The Morgan fingerprint density at radius 1 is 1.74 bits per heavy atom. The number of anilines is 1. The number of nitriles is 1. The van der Waals surface area contributed by atoms with Crippen LogP contribution in [0.25, 0.3) is 0 Å². The molecule has 19 heavy (non-hydrogen) atoms. The van der Waals surface area contributed by atoms with E-state index in [0.29, 0.717) is 0 Å². The van der Waals surface area contributed by atoms with Gasteiger partial charge in [-0.05, 0) is 13.3 Å². The van der Waals surface area contributed by atoms with E-state index < -0.39 is 16.4 Å². The molecule has 0 amide bonds. The molecular formula is C11H12N4O4. The highest BCUT2D eigenvalue weighted by Gasteiger charge is 2.32. The molecule has 1 aromatic rings. The molecule has 1 aromatic heterocycles. The van der Waals surface area contributed by atoms with Crippen LogP contribution in [0.5, 0.6) is 0 Å². The second-order valence-electron chi connectivity index (χ2n) is 4.07. The zero-order chi connectivity index (χ0) is 14.6. The van der Waals surface area contributed by atoms with Crippen LogP contribution in [-0.2, 0) is 4.79 Å². The van der Waals surface area contributed by atoms with Crippen molar-refractivity contribution >= 4 is 17.5 Å². The third-order valence-electron chi connectivity index (χ3n) is 2.78. The van der Waals surface area contributed by atoms with Crippen molar-refractivity contribution in [1.29, 1.82) is 5.26 Å². The molecule has 0 aliphatic rings. The van der Waals surface area contributed by atoms with Crippen molar-refractivity contribution in [3.05, 3.63) is 27.9 Å². The van der Waals surface area contributed by atoms with E-state index in [2.05, 4.69) is 10.3 Å². The van der Waals surface area contributed by atoms with Crippen molar-refractivity contribution in [2.45, 2.75) is 25.8 Å². The van der Waals surface area contributed by atoms with Crippen LogP contribution in [0, 0.1) is 21.4 Å². The molecule has 1 atom stereocenters. The highest BCUT2D eigenvalue weighted by atomic mass is 16.6. The van der Waals surface area contributed by atoms with Gasteiger partial charge in [0.05, 0.1) is 4.92 Å². The fraction of sp³-hybridized carbons (Fsp3) is 0.364. The quantitative estimate of drug-likeness (QED) is 0.609. The number of carboxylic acids is 1. The molecule has 1 unspecified atom stereocenters. The largest absolute Gasteiger partial charge is 0.480 e.